The molecule has 0 aliphatic carbocycles. The molecule has 0 bridgehead atoms. The minimum Gasteiger partial charge on any atom is -1.00 e. The Morgan fingerprint density at radius 2 is 0.518 bits per heavy atom. The van der Waals surface area contributed by atoms with Crippen LogP contribution < -0.4 is 56.8 Å². The van der Waals surface area contributed by atoms with Crippen molar-refractivity contribution >= 4 is 28.5 Å². The maximum atomic E-state index is 6.41. The van der Waals surface area contributed by atoms with Gasteiger partial charge in [0.05, 0.1) is 11.2 Å². The van der Waals surface area contributed by atoms with Gasteiger partial charge in [0.15, 0.2) is 0 Å². The molecule has 83 heavy (non-hydrogen) atoms. The largest absolute Gasteiger partial charge is 1.00 e. The van der Waals surface area contributed by atoms with Crippen LogP contribution in [0.15, 0.2) is 285 Å². The average molecular weight is 1170 g/mol. The Morgan fingerprint density at radius 3 is 0.795 bits per heavy atom. The molecule has 0 spiro atoms. The van der Waals surface area contributed by atoms with Crippen molar-refractivity contribution in [1.29, 1.82) is 0 Å². The first-order valence-electron chi connectivity index (χ1n) is 27.5. The molecular formula is C74H59BBrKN4O2. The molecule has 0 amide bonds. The Hall–Kier alpha value is -7.54. The maximum Gasteiger partial charge on any atom is 1.00 e. The fraction of sp³-hybridized carbons (Fsp3) is 0.0811. The van der Waals surface area contributed by atoms with Crippen molar-refractivity contribution in [3.05, 3.63) is 285 Å². The zero-order chi connectivity index (χ0) is 56.0. The van der Waals surface area contributed by atoms with Gasteiger partial charge in [-0.3, -0.25) is 19.9 Å². The van der Waals surface area contributed by atoms with E-state index < -0.39 is 18.3 Å². The van der Waals surface area contributed by atoms with E-state index in [0.717, 1.165) is 87.8 Å². The van der Waals surface area contributed by atoms with Gasteiger partial charge in [0, 0.05) is 76.3 Å². The van der Waals surface area contributed by atoms with Crippen molar-refractivity contribution in [3.63, 3.8) is 0 Å². The molecule has 8 aromatic carbocycles. The van der Waals surface area contributed by atoms with E-state index >= 15 is 0 Å². The van der Waals surface area contributed by atoms with E-state index in [4.69, 9.17) is 9.31 Å². The number of pyridine rings is 4. The van der Waals surface area contributed by atoms with Crippen molar-refractivity contribution in [2.24, 2.45) is 0 Å². The van der Waals surface area contributed by atoms with Gasteiger partial charge >= 0.3 is 58.5 Å². The molecule has 0 saturated carbocycles. The number of rotatable bonds is 11. The van der Waals surface area contributed by atoms with Crippen molar-refractivity contribution in [1.82, 2.24) is 19.9 Å². The molecule has 0 radical (unpaired) electrons. The fourth-order valence-corrected chi connectivity index (χ4v) is 10.8. The smallest absolute Gasteiger partial charge is 1.00 e. The van der Waals surface area contributed by atoms with E-state index in [0.29, 0.717) is 0 Å². The zero-order valence-corrected chi connectivity index (χ0v) is 51.8. The summed E-state index contributed by atoms with van der Waals surface area (Å²) in [7, 11) is -0.426. The summed E-state index contributed by atoms with van der Waals surface area (Å²) in [4.78, 5) is 17.3. The first-order valence-corrected chi connectivity index (χ1v) is 28.3. The third-order valence-corrected chi connectivity index (χ3v) is 16.0. The number of halogens is 1. The van der Waals surface area contributed by atoms with E-state index in [2.05, 4.69) is 270 Å². The van der Waals surface area contributed by atoms with Gasteiger partial charge in [-0.15, -0.1) is 0 Å². The van der Waals surface area contributed by atoms with Crippen molar-refractivity contribution < 1.29 is 62.1 Å². The van der Waals surface area contributed by atoms with E-state index in [9.17, 15) is 0 Å². The molecule has 12 aromatic rings. The van der Waals surface area contributed by atoms with Crippen LogP contribution >= 0.6 is 15.9 Å². The first kappa shape index (κ1) is 57.3. The van der Waals surface area contributed by atoms with E-state index in [1.807, 2.05) is 49.1 Å². The second kappa shape index (κ2) is 25.5. The normalized spacial score (nSPS) is 13.1. The molecule has 6 nitrogen and oxygen atoms in total. The van der Waals surface area contributed by atoms with Crippen LogP contribution in [-0.4, -0.2) is 38.3 Å². The van der Waals surface area contributed by atoms with Crippen molar-refractivity contribution in [2.45, 2.75) is 38.9 Å². The van der Waals surface area contributed by atoms with Gasteiger partial charge in [-0.2, -0.15) is 0 Å². The molecule has 4 aromatic heterocycles. The molecule has 0 unspecified atom stereocenters. The molecule has 398 valence electrons. The molecule has 5 heterocycles. The van der Waals surface area contributed by atoms with Gasteiger partial charge < -0.3 is 10.7 Å². The Labute approximate surface area is 540 Å². The van der Waals surface area contributed by atoms with E-state index in [-0.39, 0.29) is 52.8 Å². The molecule has 0 atom stereocenters. The second-order valence-corrected chi connectivity index (χ2v) is 22.5. The number of nitrogens with zero attached hydrogens (tertiary/aromatic N) is 4. The van der Waals surface area contributed by atoms with E-state index in [1.165, 1.54) is 33.4 Å². The summed E-state index contributed by atoms with van der Waals surface area (Å²) in [6.45, 7) is 8.36. The summed E-state index contributed by atoms with van der Waals surface area (Å²) in [5.74, 6) is 0. The van der Waals surface area contributed by atoms with E-state index in [1.54, 1.807) is 24.8 Å². The van der Waals surface area contributed by atoms with Gasteiger partial charge in [0.25, 0.3) is 0 Å². The molecule has 0 N–H and O–H groups in total. The quantitative estimate of drug-likeness (QED) is 0.120. The minimum absolute atomic E-state index is 0. The molecule has 9 heteroatoms. The average Bonchev–Trinajstić information content (AvgIpc) is 3.88. The summed E-state index contributed by atoms with van der Waals surface area (Å²) < 4.78 is 13.9. The third-order valence-electron chi connectivity index (χ3n) is 15.5. The van der Waals surface area contributed by atoms with Gasteiger partial charge in [-0.1, -0.05) is 149 Å². The fourth-order valence-electron chi connectivity index (χ4n) is 10.4. The van der Waals surface area contributed by atoms with Gasteiger partial charge in [-0.05, 0) is 219 Å². The van der Waals surface area contributed by atoms with Crippen molar-refractivity contribution in [2.75, 3.05) is 0 Å². The van der Waals surface area contributed by atoms with Crippen LogP contribution in [0.5, 0.6) is 0 Å². The third kappa shape index (κ3) is 13.3. The van der Waals surface area contributed by atoms with Crippen molar-refractivity contribution in [3.8, 4) is 111 Å². The maximum absolute atomic E-state index is 6.41. The number of aromatic nitrogens is 4. The predicted octanol–water partition coefficient (Wildman–Crippen LogP) is 15.8. The van der Waals surface area contributed by atoms with Crippen LogP contribution in [0.25, 0.3) is 111 Å². The summed E-state index contributed by atoms with van der Waals surface area (Å²) >= 11 is 3.65. The standard InChI is InChI=1S/C40H35BN2O2.C34H23BrN2.K.H/c1-39(2)40(3,4)45-41(44-39)38-17-7-14-32(25-38)37-23-35(30-12-5-10-28(20-30)33-15-8-18-42-26-33)22-36(24-37)31-13-6-11-29(21-31)34-16-9-19-43-27-34;35-34-13-3-10-28(21-34)33-19-31(26-8-1-6-24(16-26)29-11-4-14-36-22-29)18-32(20-33)27-9-2-7-25(17-27)30-12-5-15-37-23-30;;/h5-27H,1-4H3;1-23H;;/q;;+1;-1. The van der Waals surface area contributed by atoms with Crippen LogP contribution in [0.3, 0.4) is 0 Å². The topological polar surface area (TPSA) is 70.0 Å². The SMILES string of the molecule is Brc1cccc(-c2cc(-c3cccc(-c4cccnc4)c3)cc(-c3cccc(-c4cccnc4)c3)c2)c1.CC1(C)OB(c2cccc(-c3cc(-c4cccc(-c5cccnc5)c4)cc(-c4cccc(-c5cccnc5)c4)c3)c2)OC1(C)C.[H-].[K+]. The summed E-state index contributed by atoms with van der Waals surface area (Å²) in [5, 5.41) is 0. The predicted molar refractivity (Wildman–Crippen MR) is 343 cm³/mol. The summed E-state index contributed by atoms with van der Waals surface area (Å²) in [6, 6.07) is 81.7. The minimum atomic E-state index is -0.426. The Kier molecular flexibility index (Phi) is 17.6. The number of hydrogen-bond acceptors (Lipinski definition) is 6. The molecule has 1 fully saturated rings. The van der Waals surface area contributed by atoms with Crippen LogP contribution in [0.4, 0.5) is 0 Å². The Bertz CT molecular complexity index is 3990. The van der Waals surface area contributed by atoms with Crippen LogP contribution in [-0.2, 0) is 9.31 Å². The summed E-state index contributed by atoms with van der Waals surface area (Å²) in [6.07, 6.45) is 14.9. The first-order chi connectivity index (χ1) is 40.0. The van der Waals surface area contributed by atoms with Crippen LogP contribution in [0.2, 0.25) is 0 Å². The number of benzene rings is 8. The number of hydrogen-bond donors (Lipinski definition) is 0. The molecule has 1 saturated heterocycles. The Morgan fingerprint density at radius 1 is 0.289 bits per heavy atom. The Balaban J connectivity index is 0.000000186. The van der Waals surface area contributed by atoms with Crippen LogP contribution in [0, 0.1) is 0 Å². The monoisotopic (exact) mass is 1160 g/mol. The van der Waals surface area contributed by atoms with Crippen LogP contribution in [0.1, 0.15) is 29.1 Å². The van der Waals surface area contributed by atoms with Gasteiger partial charge in [0.2, 0.25) is 0 Å². The molecule has 13 rings (SSSR count). The van der Waals surface area contributed by atoms with Gasteiger partial charge in [-0.25, -0.2) is 0 Å². The molecule has 1 aliphatic heterocycles. The molecule has 1 aliphatic rings. The molecular weight excluding hydrogens is 1110 g/mol. The summed E-state index contributed by atoms with van der Waals surface area (Å²) in [5.41, 5.74) is 23.0. The van der Waals surface area contributed by atoms with Gasteiger partial charge in [0.1, 0.15) is 0 Å². The second-order valence-electron chi connectivity index (χ2n) is 21.6. The zero-order valence-electron chi connectivity index (χ0n) is 48.1.